The van der Waals surface area contributed by atoms with E-state index in [4.69, 9.17) is 11.6 Å². The van der Waals surface area contributed by atoms with E-state index in [1.54, 1.807) is 11.8 Å². The summed E-state index contributed by atoms with van der Waals surface area (Å²) in [6, 6.07) is 7.99. The second-order valence-electron chi connectivity index (χ2n) is 4.19. The molecule has 2 aromatic rings. The first-order valence-electron chi connectivity index (χ1n) is 6.52. The van der Waals surface area contributed by atoms with Gasteiger partial charge in [-0.05, 0) is 30.8 Å². The van der Waals surface area contributed by atoms with Crippen LogP contribution in [0.3, 0.4) is 0 Å². The van der Waals surface area contributed by atoms with Gasteiger partial charge in [-0.25, -0.2) is 9.97 Å². The molecule has 5 heteroatoms. The summed E-state index contributed by atoms with van der Waals surface area (Å²) >= 11 is 7.72. The highest BCUT2D eigenvalue weighted by Gasteiger charge is 2.07. The van der Waals surface area contributed by atoms with Gasteiger partial charge in [-0.2, -0.15) is 0 Å². The van der Waals surface area contributed by atoms with Crippen LogP contribution in [0.1, 0.15) is 13.8 Å². The Morgan fingerprint density at radius 2 is 1.89 bits per heavy atom. The molecule has 0 saturated carbocycles. The summed E-state index contributed by atoms with van der Waals surface area (Å²) in [6.45, 7) is 7.61. The predicted octanol–water partition coefficient (Wildman–Crippen LogP) is 3.72. The lowest BCUT2D eigenvalue weighted by molar-refractivity contribution is 0.324. The van der Waals surface area contributed by atoms with Crippen LogP contribution in [0.25, 0.3) is 10.9 Å². The smallest absolute Gasteiger partial charge is 0.224 e. The molecular weight excluding hydrogens is 278 g/mol. The van der Waals surface area contributed by atoms with E-state index in [0.717, 1.165) is 41.3 Å². The van der Waals surface area contributed by atoms with E-state index < -0.39 is 0 Å². The van der Waals surface area contributed by atoms with Crippen molar-refractivity contribution in [2.75, 3.05) is 25.4 Å². The number of nitrogens with zero attached hydrogens (tertiary/aromatic N) is 3. The maximum Gasteiger partial charge on any atom is 0.224 e. The molecule has 0 N–H and O–H groups in total. The summed E-state index contributed by atoms with van der Waals surface area (Å²) in [4.78, 5) is 11.0. The van der Waals surface area contributed by atoms with E-state index in [1.165, 1.54) is 0 Å². The molecule has 102 valence electrons. The summed E-state index contributed by atoms with van der Waals surface area (Å²) in [5.74, 6) is 1.01. The highest BCUT2D eigenvalue weighted by molar-refractivity contribution is 7.99. The summed E-state index contributed by atoms with van der Waals surface area (Å²) in [6.07, 6.45) is 0. The quantitative estimate of drug-likeness (QED) is 0.461. The lowest BCUT2D eigenvalue weighted by atomic mass is 10.2. The number of aromatic nitrogens is 2. The lowest BCUT2D eigenvalue weighted by Gasteiger charge is -2.17. The molecule has 0 radical (unpaired) electrons. The van der Waals surface area contributed by atoms with Crippen LogP contribution in [0, 0.1) is 0 Å². The van der Waals surface area contributed by atoms with Crippen molar-refractivity contribution in [1.82, 2.24) is 14.9 Å². The van der Waals surface area contributed by atoms with Gasteiger partial charge in [0.1, 0.15) is 5.03 Å². The molecule has 0 aliphatic carbocycles. The Morgan fingerprint density at radius 3 is 2.63 bits per heavy atom. The molecule has 19 heavy (non-hydrogen) atoms. The number of halogens is 1. The Labute approximate surface area is 123 Å². The van der Waals surface area contributed by atoms with Crippen LogP contribution in [0.2, 0.25) is 5.28 Å². The molecule has 0 atom stereocenters. The summed E-state index contributed by atoms with van der Waals surface area (Å²) in [5, 5.41) is 2.38. The molecular formula is C14H18ClN3S. The van der Waals surface area contributed by atoms with Gasteiger partial charge in [0, 0.05) is 17.7 Å². The highest BCUT2D eigenvalue weighted by Crippen LogP contribution is 2.26. The molecule has 0 saturated heterocycles. The Balaban J connectivity index is 2.12. The second-order valence-corrected chi connectivity index (χ2v) is 5.61. The van der Waals surface area contributed by atoms with Gasteiger partial charge in [0.2, 0.25) is 5.28 Å². The van der Waals surface area contributed by atoms with Crippen molar-refractivity contribution < 1.29 is 0 Å². The van der Waals surface area contributed by atoms with E-state index in [9.17, 15) is 0 Å². The molecule has 0 spiro atoms. The van der Waals surface area contributed by atoms with E-state index in [0.29, 0.717) is 5.28 Å². The third kappa shape index (κ3) is 3.81. The fourth-order valence-electron chi connectivity index (χ4n) is 1.94. The van der Waals surface area contributed by atoms with Crippen LogP contribution in [-0.2, 0) is 0 Å². The van der Waals surface area contributed by atoms with E-state index in [-0.39, 0.29) is 0 Å². The first-order valence-corrected chi connectivity index (χ1v) is 7.88. The molecule has 1 aromatic heterocycles. The van der Waals surface area contributed by atoms with Crippen molar-refractivity contribution in [3.8, 4) is 0 Å². The summed E-state index contributed by atoms with van der Waals surface area (Å²) < 4.78 is 0. The maximum atomic E-state index is 5.97. The molecule has 0 aliphatic rings. The van der Waals surface area contributed by atoms with E-state index >= 15 is 0 Å². The van der Waals surface area contributed by atoms with Crippen molar-refractivity contribution in [3.05, 3.63) is 29.5 Å². The van der Waals surface area contributed by atoms with Crippen LogP contribution in [-0.4, -0.2) is 40.3 Å². The molecule has 1 aromatic carbocycles. The third-order valence-electron chi connectivity index (χ3n) is 3.08. The summed E-state index contributed by atoms with van der Waals surface area (Å²) in [7, 11) is 0. The fourth-order valence-corrected chi connectivity index (χ4v) is 3.19. The van der Waals surface area contributed by atoms with Crippen molar-refractivity contribution in [1.29, 1.82) is 0 Å². The Morgan fingerprint density at radius 1 is 1.16 bits per heavy atom. The zero-order chi connectivity index (χ0) is 13.7. The molecule has 2 rings (SSSR count). The van der Waals surface area contributed by atoms with Crippen LogP contribution < -0.4 is 0 Å². The zero-order valence-electron chi connectivity index (χ0n) is 11.3. The highest BCUT2D eigenvalue weighted by atomic mass is 35.5. The predicted molar refractivity (Wildman–Crippen MR) is 83.1 cm³/mol. The largest absolute Gasteiger partial charge is 0.303 e. The monoisotopic (exact) mass is 295 g/mol. The minimum absolute atomic E-state index is 0.323. The van der Waals surface area contributed by atoms with E-state index in [2.05, 4.69) is 28.7 Å². The van der Waals surface area contributed by atoms with Gasteiger partial charge in [-0.3, -0.25) is 0 Å². The fraction of sp³-hybridized carbons (Fsp3) is 0.429. The average molecular weight is 296 g/mol. The van der Waals surface area contributed by atoms with Crippen LogP contribution >= 0.6 is 23.4 Å². The topological polar surface area (TPSA) is 29.0 Å². The Hall–Kier alpha value is -0.840. The number of rotatable bonds is 6. The molecule has 0 bridgehead atoms. The van der Waals surface area contributed by atoms with Crippen LogP contribution in [0.4, 0.5) is 0 Å². The molecule has 3 nitrogen and oxygen atoms in total. The lowest BCUT2D eigenvalue weighted by Crippen LogP contribution is -2.25. The van der Waals surface area contributed by atoms with Crippen molar-refractivity contribution in [2.24, 2.45) is 0 Å². The molecule has 0 fully saturated rings. The van der Waals surface area contributed by atoms with Gasteiger partial charge in [0.15, 0.2) is 0 Å². The molecule has 1 heterocycles. The minimum Gasteiger partial charge on any atom is -0.303 e. The standard InChI is InChI=1S/C14H18ClN3S/c1-3-18(4-2)9-10-19-13-11-7-5-6-8-12(11)16-14(15)17-13/h5-8H,3-4,9-10H2,1-2H3. The Bertz CT molecular complexity index is 543. The minimum atomic E-state index is 0.323. The van der Waals surface area contributed by atoms with E-state index in [1.807, 2.05) is 24.3 Å². The molecule has 0 aliphatic heterocycles. The third-order valence-corrected chi connectivity index (χ3v) is 4.22. The number of para-hydroxylation sites is 1. The molecule has 0 unspecified atom stereocenters. The molecule has 0 amide bonds. The van der Waals surface area contributed by atoms with Gasteiger partial charge in [0.05, 0.1) is 5.52 Å². The number of hydrogen-bond acceptors (Lipinski definition) is 4. The van der Waals surface area contributed by atoms with Crippen LogP contribution in [0.5, 0.6) is 0 Å². The average Bonchev–Trinajstić information content (AvgIpc) is 2.43. The maximum absolute atomic E-state index is 5.97. The first-order chi connectivity index (χ1) is 9.24. The van der Waals surface area contributed by atoms with Gasteiger partial charge in [0.25, 0.3) is 0 Å². The van der Waals surface area contributed by atoms with Gasteiger partial charge >= 0.3 is 0 Å². The Kier molecular flexibility index (Phi) is 5.43. The van der Waals surface area contributed by atoms with Crippen LogP contribution in [0.15, 0.2) is 29.3 Å². The second kappa shape index (κ2) is 7.08. The number of hydrogen-bond donors (Lipinski definition) is 0. The van der Waals surface area contributed by atoms with Crippen molar-refractivity contribution >= 4 is 34.3 Å². The number of fused-ring (bicyclic) bond motifs is 1. The normalized spacial score (nSPS) is 11.4. The zero-order valence-corrected chi connectivity index (χ0v) is 12.8. The SMILES string of the molecule is CCN(CC)CCSc1nc(Cl)nc2ccccc12. The van der Waals surface area contributed by atoms with Crippen molar-refractivity contribution in [2.45, 2.75) is 18.9 Å². The van der Waals surface area contributed by atoms with Gasteiger partial charge in [-0.1, -0.05) is 32.0 Å². The van der Waals surface area contributed by atoms with Gasteiger partial charge < -0.3 is 4.90 Å². The summed E-state index contributed by atoms with van der Waals surface area (Å²) in [5.41, 5.74) is 0.910. The van der Waals surface area contributed by atoms with Gasteiger partial charge in [-0.15, -0.1) is 11.8 Å². The first kappa shape index (κ1) is 14.6. The number of thioether (sulfide) groups is 1. The number of benzene rings is 1. The van der Waals surface area contributed by atoms with Crippen molar-refractivity contribution in [3.63, 3.8) is 0 Å².